The van der Waals surface area contributed by atoms with Crippen LogP contribution >= 0.6 is 0 Å². The molecule has 0 bridgehead atoms. The van der Waals surface area contributed by atoms with Gasteiger partial charge in [0.05, 0.1) is 11.3 Å². The third-order valence-corrected chi connectivity index (χ3v) is 3.86. The molecule has 1 aliphatic rings. The summed E-state index contributed by atoms with van der Waals surface area (Å²) >= 11 is 0. The number of fused-ring (bicyclic) bond motifs is 1. The maximum Gasteiger partial charge on any atom is 0.416 e. The van der Waals surface area contributed by atoms with Crippen LogP contribution in [-0.4, -0.2) is 16.0 Å². The van der Waals surface area contributed by atoms with Gasteiger partial charge in [-0.25, -0.2) is 10.8 Å². The number of nitrogens with two attached hydrogens (primary N) is 1. The minimum Gasteiger partial charge on any atom is -0.362 e. The number of alkyl halides is 3. The molecule has 1 heterocycles. The van der Waals surface area contributed by atoms with E-state index in [4.69, 9.17) is 5.84 Å². The van der Waals surface area contributed by atoms with E-state index in [1.54, 1.807) is 37.3 Å². The SMILES string of the molecule is CC1=Nc2ccc(C(F)(F)F)cc2C(O)(c2ccccc2)N1N. The summed E-state index contributed by atoms with van der Waals surface area (Å²) in [6.07, 6.45) is -4.53. The van der Waals surface area contributed by atoms with Gasteiger partial charge in [0.1, 0.15) is 5.84 Å². The maximum atomic E-state index is 13.0. The fraction of sp³-hybridized carbons (Fsp3) is 0.188. The van der Waals surface area contributed by atoms with Crippen molar-refractivity contribution < 1.29 is 18.3 Å². The molecule has 120 valence electrons. The molecule has 0 aliphatic carbocycles. The van der Waals surface area contributed by atoms with Gasteiger partial charge in [-0.1, -0.05) is 30.3 Å². The molecule has 0 amide bonds. The van der Waals surface area contributed by atoms with Crippen LogP contribution in [0.3, 0.4) is 0 Å². The van der Waals surface area contributed by atoms with E-state index < -0.39 is 17.5 Å². The van der Waals surface area contributed by atoms with E-state index in [9.17, 15) is 18.3 Å². The number of amidine groups is 1. The molecule has 1 aliphatic heterocycles. The van der Waals surface area contributed by atoms with Crippen LogP contribution in [0.5, 0.6) is 0 Å². The van der Waals surface area contributed by atoms with Crippen molar-refractivity contribution in [1.29, 1.82) is 0 Å². The van der Waals surface area contributed by atoms with Gasteiger partial charge in [0, 0.05) is 11.1 Å². The molecule has 1 unspecified atom stereocenters. The molecule has 0 saturated heterocycles. The van der Waals surface area contributed by atoms with E-state index in [1.165, 1.54) is 6.07 Å². The molecular formula is C16H14F3N3O. The van der Waals surface area contributed by atoms with Crippen molar-refractivity contribution in [2.45, 2.75) is 18.8 Å². The Labute approximate surface area is 130 Å². The van der Waals surface area contributed by atoms with E-state index in [0.29, 0.717) is 11.4 Å². The highest BCUT2D eigenvalue weighted by Crippen LogP contribution is 2.43. The standard InChI is InChI=1S/C16H14F3N3O/c1-10-21-14-8-7-12(16(17,18)19)9-13(14)15(23,22(10)20)11-5-3-2-4-6-11/h2-9,23H,20H2,1H3. The second-order valence-corrected chi connectivity index (χ2v) is 5.30. The van der Waals surface area contributed by atoms with Gasteiger partial charge in [-0.05, 0) is 25.1 Å². The molecular weight excluding hydrogens is 307 g/mol. The smallest absolute Gasteiger partial charge is 0.362 e. The minimum atomic E-state index is -4.53. The molecule has 0 fully saturated rings. The van der Waals surface area contributed by atoms with Crippen LogP contribution in [0.4, 0.5) is 18.9 Å². The van der Waals surface area contributed by atoms with Crippen LogP contribution in [0.1, 0.15) is 23.6 Å². The minimum absolute atomic E-state index is 0.00775. The zero-order valence-electron chi connectivity index (χ0n) is 12.2. The van der Waals surface area contributed by atoms with Crippen LogP contribution in [0.15, 0.2) is 53.5 Å². The van der Waals surface area contributed by atoms with E-state index in [-0.39, 0.29) is 11.3 Å². The number of aliphatic imine (C=N–C) groups is 1. The van der Waals surface area contributed by atoms with Gasteiger partial charge in [0.15, 0.2) is 0 Å². The first-order chi connectivity index (χ1) is 10.7. The Kier molecular flexibility index (Phi) is 3.42. The van der Waals surface area contributed by atoms with Crippen LogP contribution in [0, 0.1) is 0 Å². The number of hydrogen-bond acceptors (Lipinski definition) is 4. The summed E-state index contributed by atoms with van der Waals surface area (Å²) < 4.78 is 39.1. The van der Waals surface area contributed by atoms with Crippen molar-refractivity contribution in [1.82, 2.24) is 5.01 Å². The zero-order chi connectivity index (χ0) is 16.8. The normalized spacial score (nSPS) is 21.0. The molecule has 0 spiro atoms. The number of nitrogens with zero attached hydrogens (tertiary/aromatic N) is 2. The Morgan fingerprint density at radius 2 is 1.78 bits per heavy atom. The van der Waals surface area contributed by atoms with Crippen molar-refractivity contribution in [2.24, 2.45) is 10.8 Å². The molecule has 3 rings (SSSR count). The summed E-state index contributed by atoms with van der Waals surface area (Å²) in [4.78, 5) is 4.16. The van der Waals surface area contributed by atoms with E-state index >= 15 is 0 Å². The summed E-state index contributed by atoms with van der Waals surface area (Å²) in [5.74, 6) is 6.23. The van der Waals surface area contributed by atoms with Crippen LogP contribution < -0.4 is 5.84 Å². The predicted molar refractivity (Wildman–Crippen MR) is 79.7 cm³/mol. The molecule has 7 heteroatoms. The molecule has 0 aromatic heterocycles. The lowest BCUT2D eigenvalue weighted by molar-refractivity contribution is -0.137. The molecule has 1 atom stereocenters. The topological polar surface area (TPSA) is 61.9 Å². The molecule has 3 N–H and O–H groups in total. The zero-order valence-corrected chi connectivity index (χ0v) is 12.2. The molecule has 0 radical (unpaired) electrons. The predicted octanol–water partition coefficient (Wildman–Crippen LogP) is 3.14. The van der Waals surface area contributed by atoms with Gasteiger partial charge in [0.2, 0.25) is 5.72 Å². The summed E-state index contributed by atoms with van der Waals surface area (Å²) in [5, 5.41) is 12.2. The van der Waals surface area contributed by atoms with Gasteiger partial charge in [-0.15, -0.1) is 0 Å². The third kappa shape index (κ3) is 2.38. The highest BCUT2D eigenvalue weighted by atomic mass is 19.4. The maximum absolute atomic E-state index is 13.0. The quantitative estimate of drug-likeness (QED) is 0.793. The van der Waals surface area contributed by atoms with Crippen LogP contribution in [-0.2, 0) is 11.9 Å². The number of aliphatic hydroxyl groups is 1. The van der Waals surface area contributed by atoms with Gasteiger partial charge in [-0.2, -0.15) is 13.2 Å². The Balaban J connectivity index is 2.29. The fourth-order valence-corrected chi connectivity index (χ4v) is 2.65. The van der Waals surface area contributed by atoms with Gasteiger partial charge in [0.25, 0.3) is 0 Å². The van der Waals surface area contributed by atoms with Gasteiger partial charge < -0.3 is 5.11 Å². The Morgan fingerprint density at radius 3 is 2.39 bits per heavy atom. The number of hydrazine groups is 1. The molecule has 23 heavy (non-hydrogen) atoms. The second-order valence-electron chi connectivity index (χ2n) is 5.30. The third-order valence-electron chi connectivity index (χ3n) is 3.86. The van der Waals surface area contributed by atoms with Crippen molar-refractivity contribution in [3.63, 3.8) is 0 Å². The van der Waals surface area contributed by atoms with E-state index in [2.05, 4.69) is 4.99 Å². The summed E-state index contributed by atoms with van der Waals surface area (Å²) in [6.45, 7) is 1.58. The number of rotatable bonds is 1. The average molecular weight is 321 g/mol. The van der Waals surface area contributed by atoms with Crippen molar-refractivity contribution >= 4 is 11.5 Å². The molecule has 4 nitrogen and oxygen atoms in total. The van der Waals surface area contributed by atoms with Gasteiger partial charge >= 0.3 is 6.18 Å². The Hall–Kier alpha value is -2.38. The first kappa shape index (κ1) is 15.5. The fourth-order valence-electron chi connectivity index (χ4n) is 2.65. The molecule has 2 aromatic carbocycles. The largest absolute Gasteiger partial charge is 0.416 e. The number of benzene rings is 2. The van der Waals surface area contributed by atoms with E-state index in [0.717, 1.165) is 17.1 Å². The van der Waals surface area contributed by atoms with Crippen LogP contribution in [0.25, 0.3) is 0 Å². The second kappa shape index (κ2) is 5.07. The van der Waals surface area contributed by atoms with Crippen molar-refractivity contribution in [2.75, 3.05) is 0 Å². The molecule has 0 saturated carbocycles. The van der Waals surface area contributed by atoms with Gasteiger partial charge in [-0.3, -0.25) is 5.01 Å². The first-order valence-corrected chi connectivity index (χ1v) is 6.84. The molecule has 2 aromatic rings. The Morgan fingerprint density at radius 1 is 1.13 bits per heavy atom. The lowest BCUT2D eigenvalue weighted by Crippen LogP contribution is -2.55. The average Bonchev–Trinajstić information content (AvgIpc) is 2.52. The van der Waals surface area contributed by atoms with Crippen molar-refractivity contribution in [3.8, 4) is 0 Å². The van der Waals surface area contributed by atoms with Crippen molar-refractivity contribution in [3.05, 3.63) is 65.2 Å². The van der Waals surface area contributed by atoms with E-state index in [1.807, 2.05) is 0 Å². The summed E-state index contributed by atoms with van der Waals surface area (Å²) in [7, 11) is 0. The summed E-state index contributed by atoms with van der Waals surface area (Å²) in [6, 6.07) is 11.4. The number of halogens is 3. The first-order valence-electron chi connectivity index (χ1n) is 6.84. The monoisotopic (exact) mass is 321 g/mol. The Bertz CT molecular complexity index is 774. The lowest BCUT2D eigenvalue weighted by atomic mass is 9.89. The number of hydrogen-bond donors (Lipinski definition) is 2. The lowest BCUT2D eigenvalue weighted by Gasteiger charge is -2.41. The van der Waals surface area contributed by atoms with Crippen LogP contribution in [0.2, 0.25) is 0 Å². The highest BCUT2D eigenvalue weighted by Gasteiger charge is 2.44. The highest BCUT2D eigenvalue weighted by molar-refractivity contribution is 5.86. The summed E-state index contributed by atoms with van der Waals surface area (Å²) in [5.41, 5.74) is -2.19.